The van der Waals surface area contributed by atoms with E-state index in [1.165, 1.54) is 24.3 Å². The maximum absolute atomic E-state index is 13.5. The van der Waals surface area contributed by atoms with E-state index < -0.39 is 64.9 Å². The molecule has 0 aliphatic heterocycles. The Morgan fingerprint density at radius 1 is 0.929 bits per heavy atom. The van der Waals surface area contributed by atoms with E-state index in [1.807, 2.05) is 0 Å². The maximum Gasteiger partial charge on any atom is 0.349 e. The largest absolute Gasteiger partial charge is 0.481 e. The van der Waals surface area contributed by atoms with Crippen LogP contribution in [0.1, 0.15) is 27.1 Å². The molecule has 0 aromatic heterocycles. The standard InChI is InChI=1S/C18H10F4O6/c19-11-6-9(13(20)15(22)14(11)21)18(27)28-12(23)7-10(17(25)26)16(24)8-4-2-1-3-5-8/h1-6,10H,7H2,(H,25,26). The molecule has 28 heavy (non-hydrogen) atoms. The van der Waals surface area contributed by atoms with Crippen molar-refractivity contribution >= 4 is 23.7 Å². The fourth-order valence-corrected chi connectivity index (χ4v) is 2.18. The van der Waals surface area contributed by atoms with Crippen molar-refractivity contribution in [1.82, 2.24) is 0 Å². The number of hydrogen-bond donors (Lipinski definition) is 1. The van der Waals surface area contributed by atoms with Gasteiger partial charge in [-0.05, 0) is 6.07 Å². The molecule has 0 saturated heterocycles. The van der Waals surface area contributed by atoms with Gasteiger partial charge in [0, 0.05) is 5.56 Å². The van der Waals surface area contributed by atoms with E-state index in [-0.39, 0.29) is 11.6 Å². The van der Waals surface area contributed by atoms with E-state index in [0.29, 0.717) is 0 Å². The van der Waals surface area contributed by atoms with Gasteiger partial charge in [0.05, 0.1) is 6.42 Å². The Hall–Kier alpha value is -3.56. The molecule has 0 amide bonds. The van der Waals surface area contributed by atoms with Crippen molar-refractivity contribution in [3.63, 3.8) is 0 Å². The summed E-state index contributed by atoms with van der Waals surface area (Å²) in [5, 5.41) is 9.14. The van der Waals surface area contributed by atoms with Crippen molar-refractivity contribution in [2.24, 2.45) is 5.92 Å². The molecule has 1 N–H and O–H groups in total. The Morgan fingerprint density at radius 3 is 2.11 bits per heavy atom. The van der Waals surface area contributed by atoms with Crippen LogP contribution in [-0.2, 0) is 14.3 Å². The number of esters is 2. The Kier molecular flexibility index (Phi) is 6.24. The zero-order valence-electron chi connectivity index (χ0n) is 13.7. The van der Waals surface area contributed by atoms with Gasteiger partial charge in [-0.15, -0.1) is 0 Å². The molecule has 2 rings (SSSR count). The first-order valence-corrected chi connectivity index (χ1v) is 7.53. The summed E-state index contributed by atoms with van der Waals surface area (Å²) in [6, 6.07) is 7.05. The minimum absolute atomic E-state index is 0.0207. The Labute approximate surface area is 154 Å². The molecule has 1 unspecified atom stereocenters. The van der Waals surface area contributed by atoms with Crippen LogP contribution in [0.15, 0.2) is 36.4 Å². The second-order valence-electron chi connectivity index (χ2n) is 5.43. The molecule has 1 atom stereocenters. The number of carboxylic acid groups (broad SMARTS) is 1. The third-order valence-corrected chi connectivity index (χ3v) is 3.57. The topological polar surface area (TPSA) is 97.7 Å². The highest BCUT2D eigenvalue weighted by atomic mass is 19.2. The number of carboxylic acids is 1. The average Bonchev–Trinajstić information content (AvgIpc) is 2.67. The number of carbonyl (C=O) groups excluding carboxylic acids is 3. The lowest BCUT2D eigenvalue weighted by Crippen LogP contribution is -2.28. The van der Waals surface area contributed by atoms with Gasteiger partial charge in [-0.1, -0.05) is 30.3 Å². The molecule has 0 aliphatic carbocycles. The number of ketones is 1. The van der Waals surface area contributed by atoms with Gasteiger partial charge in [-0.2, -0.15) is 0 Å². The molecule has 0 radical (unpaired) electrons. The fraction of sp³-hybridized carbons (Fsp3) is 0.111. The minimum atomic E-state index is -2.29. The number of rotatable bonds is 6. The summed E-state index contributed by atoms with van der Waals surface area (Å²) >= 11 is 0. The molecule has 0 aliphatic rings. The Morgan fingerprint density at radius 2 is 1.54 bits per heavy atom. The molecule has 0 bridgehead atoms. The van der Waals surface area contributed by atoms with Gasteiger partial charge in [0.2, 0.25) is 0 Å². The predicted octanol–water partition coefficient (Wildman–Crippen LogP) is 2.90. The van der Waals surface area contributed by atoms with Crippen molar-refractivity contribution in [1.29, 1.82) is 0 Å². The van der Waals surface area contributed by atoms with Crippen molar-refractivity contribution in [3.8, 4) is 0 Å². The monoisotopic (exact) mass is 398 g/mol. The number of halogens is 4. The van der Waals surface area contributed by atoms with Gasteiger partial charge < -0.3 is 9.84 Å². The molecule has 146 valence electrons. The van der Waals surface area contributed by atoms with Crippen LogP contribution in [0.4, 0.5) is 17.6 Å². The molecular formula is C18H10F4O6. The number of carbonyl (C=O) groups is 4. The Balaban J connectivity index is 2.17. The highest BCUT2D eigenvalue weighted by Gasteiger charge is 2.32. The summed E-state index contributed by atoms with van der Waals surface area (Å²) in [6.07, 6.45) is -1.11. The SMILES string of the molecule is O=C(CC(C(=O)O)C(=O)c1ccccc1)OC(=O)c1cc(F)c(F)c(F)c1F. The summed E-state index contributed by atoms with van der Waals surface area (Å²) in [7, 11) is 0. The molecule has 6 nitrogen and oxygen atoms in total. The summed E-state index contributed by atoms with van der Waals surface area (Å²) in [5.41, 5.74) is -1.44. The lowest BCUT2D eigenvalue weighted by Gasteiger charge is -2.11. The van der Waals surface area contributed by atoms with Gasteiger partial charge in [0.25, 0.3) is 0 Å². The molecule has 0 fully saturated rings. The summed E-state index contributed by atoms with van der Waals surface area (Å²) in [5.74, 6) is -16.5. The molecule has 2 aromatic carbocycles. The van der Waals surface area contributed by atoms with Gasteiger partial charge >= 0.3 is 17.9 Å². The van der Waals surface area contributed by atoms with Gasteiger partial charge in [0.1, 0.15) is 11.5 Å². The van der Waals surface area contributed by atoms with Crippen molar-refractivity contribution in [3.05, 3.63) is 70.8 Å². The maximum atomic E-state index is 13.5. The van der Waals surface area contributed by atoms with Crippen LogP contribution in [0, 0.1) is 29.2 Å². The van der Waals surface area contributed by atoms with Gasteiger partial charge in [0.15, 0.2) is 29.1 Å². The van der Waals surface area contributed by atoms with Crippen molar-refractivity contribution in [2.45, 2.75) is 6.42 Å². The molecular weight excluding hydrogens is 388 g/mol. The van der Waals surface area contributed by atoms with Crippen LogP contribution < -0.4 is 0 Å². The van der Waals surface area contributed by atoms with Gasteiger partial charge in [-0.25, -0.2) is 22.4 Å². The second kappa shape index (κ2) is 8.42. The highest BCUT2D eigenvalue weighted by molar-refractivity contribution is 6.10. The van der Waals surface area contributed by atoms with E-state index >= 15 is 0 Å². The van der Waals surface area contributed by atoms with E-state index in [1.54, 1.807) is 6.07 Å². The van der Waals surface area contributed by atoms with Crippen molar-refractivity contribution < 1.29 is 46.6 Å². The summed E-state index contributed by atoms with van der Waals surface area (Å²) < 4.78 is 56.9. The van der Waals surface area contributed by atoms with Crippen LogP contribution >= 0.6 is 0 Å². The van der Waals surface area contributed by atoms with Crippen molar-refractivity contribution in [2.75, 3.05) is 0 Å². The zero-order chi connectivity index (χ0) is 21.0. The first kappa shape index (κ1) is 20.7. The van der Waals surface area contributed by atoms with Crippen LogP contribution in [0.25, 0.3) is 0 Å². The first-order valence-electron chi connectivity index (χ1n) is 7.53. The van der Waals surface area contributed by atoms with Crippen LogP contribution in [0.2, 0.25) is 0 Å². The zero-order valence-corrected chi connectivity index (χ0v) is 13.7. The number of hydrogen-bond acceptors (Lipinski definition) is 5. The highest BCUT2D eigenvalue weighted by Crippen LogP contribution is 2.20. The quantitative estimate of drug-likeness (QED) is 0.201. The van der Waals surface area contributed by atoms with E-state index in [4.69, 9.17) is 5.11 Å². The van der Waals surface area contributed by atoms with E-state index in [9.17, 15) is 36.7 Å². The third-order valence-electron chi connectivity index (χ3n) is 3.57. The fourth-order valence-electron chi connectivity index (χ4n) is 2.18. The van der Waals surface area contributed by atoms with Crippen LogP contribution in [-0.4, -0.2) is 28.8 Å². The van der Waals surface area contributed by atoms with Gasteiger partial charge in [-0.3, -0.25) is 14.4 Å². The number of ether oxygens (including phenoxy) is 1. The second-order valence-corrected chi connectivity index (χ2v) is 5.43. The predicted molar refractivity (Wildman–Crippen MR) is 83.2 cm³/mol. The number of benzene rings is 2. The molecule has 10 heteroatoms. The normalized spacial score (nSPS) is 11.6. The lowest BCUT2D eigenvalue weighted by molar-refractivity contribution is -0.147. The third kappa shape index (κ3) is 4.40. The average molecular weight is 398 g/mol. The molecule has 2 aromatic rings. The van der Waals surface area contributed by atoms with Crippen LogP contribution in [0.5, 0.6) is 0 Å². The summed E-state index contributed by atoms with van der Waals surface area (Å²) in [4.78, 5) is 47.0. The van der Waals surface area contributed by atoms with E-state index in [2.05, 4.69) is 4.74 Å². The number of Topliss-reactive ketones (excluding diaryl/α,β-unsaturated/α-hetero) is 1. The molecule has 0 saturated carbocycles. The lowest BCUT2D eigenvalue weighted by atomic mass is 9.95. The molecule has 0 spiro atoms. The van der Waals surface area contributed by atoms with E-state index in [0.717, 1.165) is 0 Å². The number of aliphatic carboxylic acids is 1. The first-order chi connectivity index (χ1) is 13.1. The van der Waals surface area contributed by atoms with Crippen LogP contribution in [0.3, 0.4) is 0 Å². The smallest absolute Gasteiger partial charge is 0.349 e. The minimum Gasteiger partial charge on any atom is -0.481 e. The summed E-state index contributed by atoms with van der Waals surface area (Å²) in [6.45, 7) is 0. The Bertz CT molecular complexity index is 958. The molecule has 0 heterocycles.